The SMILES string of the molecule is CCN1CCCC1c1ncc2c(Br)cccn12. The van der Waals surface area contributed by atoms with E-state index in [2.05, 4.69) is 55.5 Å². The Bertz CT molecular complexity index is 534. The van der Waals surface area contributed by atoms with Crippen LogP contribution in [0.25, 0.3) is 5.52 Å². The second kappa shape index (κ2) is 4.42. The Kier molecular flexibility index (Phi) is 2.92. The molecule has 3 heterocycles. The van der Waals surface area contributed by atoms with E-state index in [1.807, 2.05) is 6.20 Å². The molecule has 1 fully saturated rings. The largest absolute Gasteiger partial charge is 0.301 e. The van der Waals surface area contributed by atoms with Gasteiger partial charge >= 0.3 is 0 Å². The summed E-state index contributed by atoms with van der Waals surface area (Å²) in [7, 11) is 0. The molecule has 17 heavy (non-hydrogen) atoms. The van der Waals surface area contributed by atoms with Gasteiger partial charge in [-0.15, -0.1) is 0 Å². The van der Waals surface area contributed by atoms with E-state index >= 15 is 0 Å². The van der Waals surface area contributed by atoms with Crippen molar-refractivity contribution in [3.05, 3.63) is 34.8 Å². The van der Waals surface area contributed by atoms with E-state index in [0.717, 1.165) is 16.5 Å². The monoisotopic (exact) mass is 293 g/mol. The molecule has 0 spiro atoms. The fraction of sp³-hybridized carbons (Fsp3) is 0.462. The van der Waals surface area contributed by atoms with E-state index < -0.39 is 0 Å². The molecule has 2 aromatic rings. The molecule has 0 N–H and O–H groups in total. The molecule has 0 aliphatic carbocycles. The lowest BCUT2D eigenvalue weighted by Crippen LogP contribution is -2.24. The Labute approximate surface area is 110 Å². The number of nitrogens with zero attached hydrogens (tertiary/aromatic N) is 3. The molecular weight excluding hydrogens is 278 g/mol. The van der Waals surface area contributed by atoms with Crippen molar-refractivity contribution in [2.45, 2.75) is 25.8 Å². The molecule has 90 valence electrons. The molecule has 1 aliphatic rings. The summed E-state index contributed by atoms with van der Waals surface area (Å²) in [5, 5.41) is 0. The van der Waals surface area contributed by atoms with Crippen LogP contribution in [0.3, 0.4) is 0 Å². The minimum atomic E-state index is 0.483. The van der Waals surface area contributed by atoms with Gasteiger partial charge in [-0.3, -0.25) is 4.90 Å². The van der Waals surface area contributed by atoms with Crippen molar-refractivity contribution in [1.29, 1.82) is 0 Å². The first-order valence-electron chi connectivity index (χ1n) is 6.16. The van der Waals surface area contributed by atoms with Gasteiger partial charge in [-0.1, -0.05) is 6.92 Å². The summed E-state index contributed by atoms with van der Waals surface area (Å²) < 4.78 is 3.32. The zero-order valence-corrected chi connectivity index (χ0v) is 11.5. The van der Waals surface area contributed by atoms with Crippen molar-refractivity contribution < 1.29 is 0 Å². The third kappa shape index (κ3) is 1.79. The average Bonchev–Trinajstić information content (AvgIpc) is 2.94. The third-order valence-electron chi connectivity index (χ3n) is 3.62. The fourth-order valence-electron chi connectivity index (χ4n) is 2.75. The summed E-state index contributed by atoms with van der Waals surface area (Å²) in [6, 6.07) is 4.61. The van der Waals surface area contributed by atoms with Crippen LogP contribution in [-0.4, -0.2) is 27.4 Å². The minimum absolute atomic E-state index is 0.483. The van der Waals surface area contributed by atoms with Gasteiger partial charge in [0.1, 0.15) is 5.82 Å². The zero-order chi connectivity index (χ0) is 11.8. The molecule has 3 nitrogen and oxygen atoms in total. The Morgan fingerprint density at radius 1 is 1.53 bits per heavy atom. The molecule has 1 aliphatic heterocycles. The van der Waals surface area contributed by atoms with Gasteiger partial charge in [0.05, 0.1) is 17.8 Å². The van der Waals surface area contributed by atoms with Crippen molar-refractivity contribution in [2.24, 2.45) is 0 Å². The maximum absolute atomic E-state index is 4.63. The summed E-state index contributed by atoms with van der Waals surface area (Å²) in [6.45, 7) is 4.53. The summed E-state index contributed by atoms with van der Waals surface area (Å²) in [6.07, 6.45) is 6.57. The first-order chi connectivity index (χ1) is 8.31. The van der Waals surface area contributed by atoms with E-state index in [0.29, 0.717) is 6.04 Å². The molecule has 0 radical (unpaired) electrons. The Balaban J connectivity index is 2.09. The van der Waals surface area contributed by atoms with Crippen LogP contribution in [0, 0.1) is 0 Å². The van der Waals surface area contributed by atoms with Gasteiger partial charge in [0, 0.05) is 10.7 Å². The number of rotatable bonds is 2. The normalized spacial score (nSPS) is 21.4. The summed E-state index contributed by atoms with van der Waals surface area (Å²) in [5.41, 5.74) is 1.16. The van der Waals surface area contributed by atoms with Crippen molar-refractivity contribution >= 4 is 21.4 Å². The maximum atomic E-state index is 4.63. The predicted molar refractivity (Wildman–Crippen MR) is 72.1 cm³/mol. The molecule has 0 amide bonds. The number of imidazole rings is 1. The number of pyridine rings is 1. The standard InChI is InChI=1S/C13H16BrN3/c1-2-16-7-4-6-11(16)13-15-9-12-10(14)5-3-8-17(12)13/h3,5,8-9,11H,2,4,6-7H2,1H3. The first kappa shape index (κ1) is 11.2. The zero-order valence-electron chi connectivity index (χ0n) is 9.93. The first-order valence-corrected chi connectivity index (χ1v) is 6.96. The van der Waals surface area contributed by atoms with Crippen LogP contribution in [0.4, 0.5) is 0 Å². The maximum Gasteiger partial charge on any atom is 0.130 e. The second-order valence-electron chi connectivity index (χ2n) is 4.51. The van der Waals surface area contributed by atoms with Gasteiger partial charge in [-0.05, 0) is 54.0 Å². The number of likely N-dealkylation sites (tertiary alicyclic amines) is 1. The molecule has 0 bridgehead atoms. The van der Waals surface area contributed by atoms with Gasteiger partial charge in [0.25, 0.3) is 0 Å². The number of hydrogen-bond donors (Lipinski definition) is 0. The van der Waals surface area contributed by atoms with E-state index in [9.17, 15) is 0 Å². The number of fused-ring (bicyclic) bond motifs is 1. The van der Waals surface area contributed by atoms with E-state index in [4.69, 9.17) is 0 Å². The highest BCUT2D eigenvalue weighted by Gasteiger charge is 2.27. The highest BCUT2D eigenvalue weighted by atomic mass is 79.9. The van der Waals surface area contributed by atoms with Crippen molar-refractivity contribution in [2.75, 3.05) is 13.1 Å². The van der Waals surface area contributed by atoms with Crippen molar-refractivity contribution in [1.82, 2.24) is 14.3 Å². The molecule has 1 atom stereocenters. The smallest absolute Gasteiger partial charge is 0.130 e. The van der Waals surface area contributed by atoms with E-state index in [-0.39, 0.29) is 0 Å². The average molecular weight is 294 g/mol. The minimum Gasteiger partial charge on any atom is -0.301 e. The van der Waals surface area contributed by atoms with Crippen LogP contribution in [0.2, 0.25) is 0 Å². The topological polar surface area (TPSA) is 20.5 Å². The Hall–Kier alpha value is -0.870. The number of aromatic nitrogens is 2. The quantitative estimate of drug-likeness (QED) is 0.847. The lowest BCUT2D eigenvalue weighted by Gasteiger charge is -2.21. The van der Waals surface area contributed by atoms with Gasteiger partial charge in [0.15, 0.2) is 0 Å². The van der Waals surface area contributed by atoms with Gasteiger partial charge in [-0.25, -0.2) is 4.98 Å². The van der Waals surface area contributed by atoms with Crippen LogP contribution in [0.1, 0.15) is 31.6 Å². The molecule has 4 heteroatoms. The lowest BCUT2D eigenvalue weighted by atomic mass is 10.2. The Morgan fingerprint density at radius 3 is 3.24 bits per heavy atom. The number of hydrogen-bond acceptors (Lipinski definition) is 2. The van der Waals surface area contributed by atoms with Crippen LogP contribution in [-0.2, 0) is 0 Å². The van der Waals surface area contributed by atoms with Crippen molar-refractivity contribution in [3.63, 3.8) is 0 Å². The Morgan fingerprint density at radius 2 is 2.41 bits per heavy atom. The molecule has 1 unspecified atom stereocenters. The summed E-state index contributed by atoms with van der Waals surface area (Å²) in [5.74, 6) is 1.18. The van der Waals surface area contributed by atoms with Gasteiger partial charge < -0.3 is 4.40 Å². The molecule has 0 saturated carbocycles. The fourth-order valence-corrected chi connectivity index (χ4v) is 3.20. The highest BCUT2D eigenvalue weighted by Crippen LogP contribution is 2.32. The van der Waals surface area contributed by atoms with E-state index in [1.54, 1.807) is 0 Å². The van der Waals surface area contributed by atoms with Crippen molar-refractivity contribution in [3.8, 4) is 0 Å². The van der Waals surface area contributed by atoms with Crippen LogP contribution < -0.4 is 0 Å². The summed E-state index contributed by atoms with van der Waals surface area (Å²) >= 11 is 3.58. The second-order valence-corrected chi connectivity index (χ2v) is 5.37. The third-order valence-corrected chi connectivity index (χ3v) is 4.29. The molecular formula is C13H16BrN3. The van der Waals surface area contributed by atoms with Crippen LogP contribution in [0.5, 0.6) is 0 Å². The van der Waals surface area contributed by atoms with Crippen LogP contribution >= 0.6 is 15.9 Å². The molecule has 3 rings (SSSR count). The summed E-state index contributed by atoms with van der Waals surface area (Å²) in [4.78, 5) is 7.14. The molecule has 1 saturated heterocycles. The highest BCUT2D eigenvalue weighted by molar-refractivity contribution is 9.10. The van der Waals surface area contributed by atoms with Crippen LogP contribution in [0.15, 0.2) is 29.0 Å². The lowest BCUT2D eigenvalue weighted by molar-refractivity contribution is 0.261. The van der Waals surface area contributed by atoms with Gasteiger partial charge in [0.2, 0.25) is 0 Å². The number of halogens is 1. The predicted octanol–water partition coefficient (Wildman–Crippen LogP) is 3.25. The molecule has 2 aromatic heterocycles. The van der Waals surface area contributed by atoms with E-state index in [1.165, 1.54) is 25.2 Å². The molecule has 0 aromatic carbocycles. The van der Waals surface area contributed by atoms with Gasteiger partial charge in [-0.2, -0.15) is 0 Å².